The molecule has 31 heavy (non-hydrogen) atoms. The van der Waals surface area contributed by atoms with Gasteiger partial charge in [0.25, 0.3) is 0 Å². The highest BCUT2D eigenvalue weighted by Gasteiger charge is 2.16. The first-order valence-corrected chi connectivity index (χ1v) is 11.6. The molecule has 0 aliphatic carbocycles. The standard InChI is InChI=1S/C23H22FN3O3S/c1-15-13-17(31(3,28)29)9-12-18(15)19-10-7-16(27-14-25-26-23(19)27)8-11-20-21(24)5-4-6-22(20)30-2/h4-7,9-10,12-14H,8,11H2,1-3H3. The van der Waals surface area contributed by atoms with Gasteiger partial charge in [-0.2, -0.15) is 0 Å². The number of nitrogens with zero attached hydrogens (tertiary/aromatic N) is 3. The number of hydrogen-bond donors (Lipinski definition) is 0. The Morgan fingerprint density at radius 1 is 1.06 bits per heavy atom. The lowest BCUT2D eigenvalue weighted by Gasteiger charge is -2.13. The van der Waals surface area contributed by atoms with Crippen LogP contribution in [0.3, 0.4) is 0 Å². The van der Waals surface area contributed by atoms with E-state index in [1.54, 1.807) is 36.7 Å². The van der Waals surface area contributed by atoms with E-state index in [0.717, 1.165) is 22.4 Å². The summed E-state index contributed by atoms with van der Waals surface area (Å²) in [6.07, 6.45) is 3.85. The Morgan fingerprint density at radius 3 is 2.55 bits per heavy atom. The lowest BCUT2D eigenvalue weighted by molar-refractivity contribution is 0.404. The van der Waals surface area contributed by atoms with E-state index in [-0.39, 0.29) is 10.7 Å². The van der Waals surface area contributed by atoms with Crippen molar-refractivity contribution >= 4 is 15.5 Å². The van der Waals surface area contributed by atoms with E-state index in [0.29, 0.717) is 29.8 Å². The largest absolute Gasteiger partial charge is 0.496 e. The maximum absolute atomic E-state index is 14.3. The van der Waals surface area contributed by atoms with Crippen LogP contribution in [-0.4, -0.2) is 36.4 Å². The summed E-state index contributed by atoms with van der Waals surface area (Å²) >= 11 is 0. The number of ether oxygens (including phenoxy) is 1. The van der Waals surface area contributed by atoms with Crippen molar-refractivity contribution in [2.45, 2.75) is 24.7 Å². The minimum absolute atomic E-state index is 0.279. The Bertz CT molecular complexity index is 1380. The summed E-state index contributed by atoms with van der Waals surface area (Å²) < 4.78 is 45.2. The maximum atomic E-state index is 14.3. The predicted octanol–water partition coefficient (Wildman–Crippen LogP) is 4.04. The molecule has 0 bridgehead atoms. The number of benzene rings is 2. The summed E-state index contributed by atoms with van der Waals surface area (Å²) in [6.45, 7) is 1.87. The molecule has 0 aliphatic rings. The molecule has 2 heterocycles. The second-order valence-electron chi connectivity index (χ2n) is 7.43. The summed E-state index contributed by atoms with van der Waals surface area (Å²) in [5.74, 6) is 0.232. The van der Waals surface area contributed by atoms with Gasteiger partial charge in [0.1, 0.15) is 17.9 Å². The van der Waals surface area contributed by atoms with E-state index in [1.807, 2.05) is 23.5 Å². The van der Waals surface area contributed by atoms with Gasteiger partial charge in [0.2, 0.25) is 0 Å². The third-order valence-electron chi connectivity index (χ3n) is 5.38. The van der Waals surface area contributed by atoms with Gasteiger partial charge in [-0.1, -0.05) is 12.1 Å². The van der Waals surface area contributed by atoms with Gasteiger partial charge in [0.15, 0.2) is 15.5 Å². The normalized spacial score (nSPS) is 11.7. The van der Waals surface area contributed by atoms with Crippen molar-refractivity contribution in [1.82, 2.24) is 14.6 Å². The van der Waals surface area contributed by atoms with Crippen LogP contribution in [0.5, 0.6) is 5.75 Å². The van der Waals surface area contributed by atoms with Gasteiger partial charge in [-0.05, 0) is 67.3 Å². The molecule has 6 nitrogen and oxygen atoms in total. The van der Waals surface area contributed by atoms with Crippen LogP contribution in [-0.2, 0) is 22.7 Å². The van der Waals surface area contributed by atoms with Crippen molar-refractivity contribution in [2.24, 2.45) is 0 Å². The molecular formula is C23H22FN3O3S. The minimum Gasteiger partial charge on any atom is -0.496 e. The van der Waals surface area contributed by atoms with Crippen molar-refractivity contribution in [3.8, 4) is 16.9 Å². The van der Waals surface area contributed by atoms with Gasteiger partial charge in [0.05, 0.1) is 12.0 Å². The molecule has 0 amide bonds. The number of halogens is 1. The lowest BCUT2D eigenvalue weighted by Crippen LogP contribution is -2.03. The number of hydrogen-bond acceptors (Lipinski definition) is 5. The fourth-order valence-corrected chi connectivity index (χ4v) is 4.48. The first-order chi connectivity index (χ1) is 14.8. The topological polar surface area (TPSA) is 73.6 Å². The van der Waals surface area contributed by atoms with Crippen LogP contribution in [0.4, 0.5) is 4.39 Å². The lowest BCUT2D eigenvalue weighted by atomic mass is 10.00. The molecule has 0 aliphatic heterocycles. The minimum atomic E-state index is -3.28. The fraction of sp³-hybridized carbons (Fsp3) is 0.217. The van der Waals surface area contributed by atoms with E-state index < -0.39 is 9.84 Å². The fourth-order valence-electron chi connectivity index (χ4n) is 3.77. The molecule has 0 saturated heterocycles. The second-order valence-corrected chi connectivity index (χ2v) is 9.45. The average molecular weight is 440 g/mol. The van der Waals surface area contributed by atoms with Crippen LogP contribution >= 0.6 is 0 Å². The van der Waals surface area contributed by atoms with Gasteiger partial charge >= 0.3 is 0 Å². The van der Waals surface area contributed by atoms with E-state index >= 15 is 0 Å². The molecule has 0 fully saturated rings. The first kappa shape index (κ1) is 21.0. The Balaban J connectivity index is 1.71. The molecule has 0 radical (unpaired) electrons. The summed E-state index contributed by atoms with van der Waals surface area (Å²) in [4.78, 5) is 0.279. The van der Waals surface area contributed by atoms with E-state index in [2.05, 4.69) is 10.2 Å². The predicted molar refractivity (Wildman–Crippen MR) is 117 cm³/mol. The van der Waals surface area contributed by atoms with E-state index in [4.69, 9.17) is 4.74 Å². The number of fused-ring (bicyclic) bond motifs is 1. The van der Waals surface area contributed by atoms with Crippen molar-refractivity contribution in [3.63, 3.8) is 0 Å². The zero-order valence-electron chi connectivity index (χ0n) is 17.5. The Morgan fingerprint density at radius 2 is 1.84 bits per heavy atom. The Labute approximate surface area is 180 Å². The maximum Gasteiger partial charge on any atom is 0.175 e. The number of methoxy groups -OCH3 is 1. The van der Waals surface area contributed by atoms with Crippen LogP contribution in [0.15, 0.2) is 59.8 Å². The quantitative estimate of drug-likeness (QED) is 0.453. The summed E-state index contributed by atoms with van der Waals surface area (Å²) in [6, 6.07) is 13.8. The number of rotatable bonds is 6. The van der Waals surface area contributed by atoms with Gasteiger partial charge in [-0.15, -0.1) is 10.2 Å². The molecule has 160 valence electrons. The van der Waals surface area contributed by atoms with Crippen molar-refractivity contribution in [1.29, 1.82) is 0 Å². The number of aromatic nitrogens is 3. The molecule has 4 rings (SSSR count). The summed E-state index contributed by atoms with van der Waals surface area (Å²) in [7, 11) is -1.75. The van der Waals surface area contributed by atoms with Gasteiger partial charge in [-0.3, -0.25) is 4.40 Å². The first-order valence-electron chi connectivity index (χ1n) is 9.73. The average Bonchev–Trinajstić information content (AvgIpc) is 3.22. The monoisotopic (exact) mass is 439 g/mol. The Kier molecular flexibility index (Phi) is 5.49. The van der Waals surface area contributed by atoms with Crippen LogP contribution in [0.1, 0.15) is 16.8 Å². The van der Waals surface area contributed by atoms with E-state index in [9.17, 15) is 12.8 Å². The van der Waals surface area contributed by atoms with Crippen LogP contribution in [0.2, 0.25) is 0 Å². The smallest absolute Gasteiger partial charge is 0.175 e. The van der Waals surface area contributed by atoms with Gasteiger partial charge in [-0.25, -0.2) is 12.8 Å². The van der Waals surface area contributed by atoms with E-state index in [1.165, 1.54) is 19.4 Å². The number of sulfone groups is 1. The highest BCUT2D eigenvalue weighted by molar-refractivity contribution is 7.90. The highest BCUT2D eigenvalue weighted by atomic mass is 32.2. The Hall–Kier alpha value is -3.26. The van der Waals surface area contributed by atoms with Crippen LogP contribution in [0.25, 0.3) is 16.8 Å². The molecule has 2 aromatic heterocycles. The molecule has 0 N–H and O–H groups in total. The number of pyridine rings is 1. The van der Waals surface area contributed by atoms with Crippen molar-refractivity contribution in [2.75, 3.05) is 13.4 Å². The number of aryl methyl sites for hydroxylation is 2. The molecular weight excluding hydrogens is 417 g/mol. The van der Waals surface area contributed by atoms with Crippen molar-refractivity contribution in [3.05, 3.63) is 77.5 Å². The molecule has 4 aromatic rings. The summed E-state index contributed by atoms with van der Waals surface area (Å²) in [5, 5.41) is 8.33. The highest BCUT2D eigenvalue weighted by Crippen LogP contribution is 2.30. The molecule has 0 spiro atoms. The molecule has 0 saturated carbocycles. The van der Waals surface area contributed by atoms with Crippen molar-refractivity contribution < 1.29 is 17.5 Å². The van der Waals surface area contributed by atoms with Crippen LogP contribution < -0.4 is 4.74 Å². The zero-order chi connectivity index (χ0) is 22.2. The summed E-state index contributed by atoms with van der Waals surface area (Å²) in [5.41, 5.74) is 4.68. The molecule has 8 heteroatoms. The SMILES string of the molecule is COc1cccc(F)c1CCc1ccc(-c2ccc(S(C)(=O)=O)cc2C)c2nncn12. The third kappa shape index (κ3) is 4.03. The van der Waals surface area contributed by atoms with Crippen LogP contribution in [0, 0.1) is 12.7 Å². The molecule has 0 unspecified atom stereocenters. The van der Waals surface area contributed by atoms with Gasteiger partial charge in [0, 0.05) is 23.1 Å². The second kappa shape index (κ2) is 8.11. The van der Waals surface area contributed by atoms with Gasteiger partial charge < -0.3 is 4.74 Å². The zero-order valence-corrected chi connectivity index (χ0v) is 18.3. The molecule has 0 atom stereocenters. The molecule has 2 aromatic carbocycles. The third-order valence-corrected chi connectivity index (χ3v) is 6.49.